The van der Waals surface area contributed by atoms with E-state index in [1.54, 1.807) is 18.2 Å². The van der Waals surface area contributed by atoms with Gasteiger partial charge in [-0.3, -0.25) is 9.59 Å². The number of esters is 1. The normalized spacial score (nSPS) is 20.8. The molecule has 1 aliphatic rings. The molecule has 5 heteroatoms. The van der Waals surface area contributed by atoms with Gasteiger partial charge in [-0.1, -0.05) is 18.5 Å². The summed E-state index contributed by atoms with van der Waals surface area (Å²) in [5, 5.41) is 3.30. The first-order chi connectivity index (χ1) is 8.97. The molecule has 102 valence electrons. The zero-order chi connectivity index (χ0) is 14.0. The maximum Gasteiger partial charge on any atom is 0.309 e. The lowest BCUT2D eigenvalue weighted by molar-refractivity contribution is -0.148. The summed E-state index contributed by atoms with van der Waals surface area (Å²) in [5.74, 6) is -0.262. The van der Waals surface area contributed by atoms with E-state index >= 15 is 0 Å². The van der Waals surface area contributed by atoms with Crippen LogP contribution in [0.5, 0.6) is 0 Å². The quantitative estimate of drug-likeness (QED) is 0.864. The summed E-state index contributed by atoms with van der Waals surface area (Å²) in [7, 11) is 0. The molecule has 0 saturated heterocycles. The lowest BCUT2D eigenvalue weighted by atomic mass is 10.2. The van der Waals surface area contributed by atoms with Crippen molar-refractivity contribution < 1.29 is 14.3 Å². The second-order valence-electron chi connectivity index (χ2n) is 4.93. The van der Waals surface area contributed by atoms with E-state index in [0.29, 0.717) is 16.6 Å². The maximum atomic E-state index is 11.7. The van der Waals surface area contributed by atoms with Gasteiger partial charge in [0.2, 0.25) is 0 Å². The summed E-state index contributed by atoms with van der Waals surface area (Å²) in [6.45, 7) is 3.59. The minimum absolute atomic E-state index is 0.0231. The fourth-order valence-corrected chi connectivity index (χ4v) is 2.07. The molecule has 1 amide bonds. The van der Waals surface area contributed by atoms with Crippen molar-refractivity contribution in [2.45, 2.75) is 20.3 Å². The van der Waals surface area contributed by atoms with Crippen molar-refractivity contribution in [3.63, 3.8) is 0 Å². The van der Waals surface area contributed by atoms with E-state index in [1.807, 2.05) is 13.8 Å². The zero-order valence-corrected chi connectivity index (χ0v) is 11.7. The van der Waals surface area contributed by atoms with Crippen LogP contribution < -0.4 is 5.32 Å². The van der Waals surface area contributed by atoms with Crippen molar-refractivity contribution in [2.24, 2.45) is 11.8 Å². The molecule has 0 radical (unpaired) electrons. The van der Waals surface area contributed by atoms with Gasteiger partial charge in [0.25, 0.3) is 5.91 Å². The lowest BCUT2D eigenvalue weighted by Crippen LogP contribution is -2.22. The van der Waals surface area contributed by atoms with Crippen LogP contribution >= 0.6 is 11.6 Å². The lowest BCUT2D eigenvalue weighted by Gasteiger charge is -2.09. The topological polar surface area (TPSA) is 55.4 Å². The third-order valence-electron chi connectivity index (χ3n) is 3.22. The van der Waals surface area contributed by atoms with Gasteiger partial charge < -0.3 is 10.1 Å². The van der Waals surface area contributed by atoms with Crippen LogP contribution in [0.15, 0.2) is 18.2 Å². The van der Waals surface area contributed by atoms with Crippen molar-refractivity contribution in [3.8, 4) is 0 Å². The van der Waals surface area contributed by atoms with Crippen LogP contribution in [-0.4, -0.2) is 18.5 Å². The van der Waals surface area contributed by atoms with Crippen LogP contribution in [0, 0.1) is 18.8 Å². The van der Waals surface area contributed by atoms with Crippen LogP contribution in [0.1, 0.15) is 18.9 Å². The molecule has 19 heavy (non-hydrogen) atoms. The predicted molar refractivity (Wildman–Crippen MR) is 73.0 cm³/mol. The summed E-state index contributed by atoms with van der Waals surface area (Å²) < 4.78 is 4.96. The molecule has 0 heterocycles. The smallest absolute Gasteiger partial charge is 0.309 e. The van der Waals surface area contributed by atoms with Gasteiger partial charge in [-0.2, -0.15) is 0 Å². The highest BCUT2D eigenvalue weighted by Crippen LogP contribution is 2.38. The van der Waals surface area contributed by atoms with Gasteiger partial charge in [0.1, 0.15) is 0 Å². The second-order valence-corrected chi connectivity index (χ2v) is 5.37. The summed E-state index contributed by atoms with van der Waals surface area (Å²) in [5.41, 5.74) is 1.54. The summed E-state index contributed by atoms with van der Waals surface area (Å²) in [6, 6.07) is 5.18. The number of hydrogen-bond donors (Lipinski definition) is 1. The molecule has 1 fully saturated rings. The predicted octanol–water partition coefficient (Wildman–Crippen LogP) is 2.79. The fraction of sp³-hybridized carbons (Fsp3) is 0.429. The van der Waals surface area contributed by atoms with Crippen LogP contribution in [0.25, 0.3) is 0 Å². The largest absolute Gasteiger partial charge is 0.455 e. The molecule has 1 saturated carbocycles. The molecule has 2 rings (SSSR count). The average Bonchev–Trinajstić information content (AvgIpc) is 3.07. The molecule has 1 aromatic carbocycles. The van der Waals surface area contributed by atoms with Crippen molar-refractivity contribution in [1.82, 2.24) is 0 Å². The SMILES string of the molecule is Cc1cc(Cl)ccc1NC(=O)COC(=O)[C@@H]1C[C@@H]1C. The number of carbonyl (C=O) groups is 2. The standard InChI is InChI=1S/C14H16ClNO3/c1-8-6-11(8)14(18)19-7-13(17)16-12-4-3-10(15)5-9(12)2/h3-5,8,11H,6-7H2,1-2H3,(H,16,17)/t8-,11+/m0/s1. The monoisotopic (exact) mass is 281 g/mol. The number of anilines is 1. The molecule has 2 atom stereocenters. The zero-order valence-electron chi connectivity index (χ0n) is 10.9. The number of nitrogens with one attached hydrogen (secondary N) is 1. The van der Waals surface area contributed by atoms with E-state index in [-0.39, 0.29) is 24.4 Å². The first kappa shape index (κ1) is 13.9. The van der Waals surface area contributed by atoms with Gasteiger partial charge in [-0.05, 0) is 43.0 Å². The molecular weight excluding hydrogens is 266 g/mol. The number of halogens is 1. The van der Waals surface area contributed by atoms with E-state index in [2.05, 4.69) is 5.32 Å². The Bertz CT molecular complexity index is 515. The Hall–Kier alpha value is -1.55. The Kier molecular flexibility index (Phi) is 4.10. The number of carbonyl (C=O) groups excluding carboxylic acids is 2. The minimum Gasteiger partial charge on any atom is -0.455 e. The third kappa shape index (κ3) is 3.70. The Labute approximate surface area is 117 Å². The van der Waals surface area contributed by atoms with E-state index in [9.17, 15) is 9.59 Å². The van der Waals surface area contributed by atoms with Crippen molar-refractivity contribution in [1.29, 1.82) is 0 Å². The number of aryl methyl sites for hydroxylation is 1. The molecule has 0 aliphatic heterocycles. The molecule has 1 N–H and O–H groups in total. The second kappa shape index (κ2) is 5.61. The number of benzene rings is 1. The molecule has 0 aromatic heterocycles. The van der Waals surface area contributed by atoms with Crippen LogP contribution in [0.4, 0.5) is 5.69 Å². The van der Waals surface area contributed by atoms with Gasteiger partial charge in [0.15, 0.2) is 6.61 Å². The summed E-state index contributed by atoms with van der Waals surface area (Å²) in [4.78, 5) is 23.1. The number of rotatable bonds is 4. The Balaban J connectivity index is 1.82. The van der Waals surface area contributed by atoms with Crippen LogP contribution in [0.3, 0.4) is 0 Å². The molecule has 1 aromatic rings. The highest BCUT2D eigenvalue weighted by atomic mass is 35.5. The molecule has 4 nitrogen and oxygen atoms in total. The fourth-order valence-electron chi connectivity index (χ4n) is 1.85. The molecule has 1 aliphatic carbocycles. The maximum absolute atomic E-state index is 11.7. The molecule has 0 bridgehead atoms. The first-order valence-corrected chi connectivity index (χ1v) is 6.58. The number of ether oxygens (including phenoxy) is 1. The molecule has 0 spiro atoms. The van der Waals surface area contributed by atoms with Crippen molar-refractivity contribution in [3.05, 3.63) is 28.8 Å². The highest BCUT2D eigenvalue weighted by molar-refractivity contribution is 6.30. The number of amides is 1. The van der Waals surface area contributed by atoms with Crippen LogP contribution in [-0.2, 0) is 14.3 Å². The summed E-state index contributed by atoms with van der Waals surface area (Å²) >= 11 is 5.83. The Morgan fingerprint density at radius 3 is 2.74 bits per heavy atom. The van der Waals surface area contributed by atoms with Gasteiger partial charge in [-0.25, -0.2) is 0 Å². The first-order valence-electron chi connectivity index (χ1n) is 6.20. The van der Waals surface area contributed by atoms with Crippen LogP contribution in [0.2, 0.25) is 5.02 Å². The Morgan fingerprint density at radius 2 is 2.16 bits per heavy atom. The van der Waals surface area contributed by atoms with E-state index in [4.69, 9.17) is 16.3 Å². The van der Waals surface area contributed by atoms with Crippen molar-refractivity contribution in [2.75, 3.05) is 11.9 Å². The molecular formula is C14H16ClNO3. The van der Waals surface area contributed by atoms with Gasteiger partial charge in [-0.15, -0.1) is 0 Å². The Morgan fingerprint density at radius 1 is 1.47 bits per heavy atom. The molecule has 0 unspecified atom stereocenters. The highest BCUT2D eigenvalue weighted by Gasteiger charge is 2.40. The van der Waals surface area contributed by atoms with Crippen molar-refractivity contribution >= 4 is 29.2 Å². The minimum atomic E-state index is -0.341. The van der Waals surface area contributed by atoms with Gasteiger partial charge in [0.05, 0.1) is 5.92 Å². The van der Waals surface area contributed by atoms with Gasteiger partial charge in [0, 0.05) is 10.7 Å². The van der Waals surface area contributed by atoms with E-state index in [1.165, 1.54) is 0 Å². The van der Waals surface area contributed by atoms with Gasteiger partial charge >= 0.3 is 5.97 Å². The van der Waals surface area contributed by atoms with E-state index < -0.39 is 0 Å². The van der Waals surface area contributed by atoms with E-state index in [0.717, 1.165) is 12.0 Å². The average molecular weight is 282 g/mol. The third-order valence-corrected chi connectivity index (χ3v) is 3.46. The number of hydrogen-bond acceptors (Lipinski definition) is 3. The summed E-state index contributed by atoms with van der Waals surface area (Å²) in [6.07, 6.45) is 0.858.